The fourth-order valence-electron chi connectivity index (χ4n) is 1.13. The Balaban J connectivity index is 3.53. The summed E-state index contributed by atoms with van der Waals surface area (Å²) < 4.78 is 24.7. The highest BCUT2D eigenvalue weighted by molar-refractivity contribution is 5.93. The fraction of sp³-hybridized carbons (Fsp3) is 0.250. The minimum Gasteiger partial charge on any atom is -0.365 e. The van der Waals surface area contributed by atoms with E-state index in [4.69, 9.17) is 5.73 Å². The molecule has 0 aromatic carbocycles. The number of carbonyl (C=O) groups excluding carboxylic acids is 1. The maximum atomic E-state index is 12.4. The van der Waals surface area contributed by atoms with Gasteiger partial charge >= 0.3 is 0 Å². The van der Waals surface area contributed by atoms with Gasteiger partial charge in [0.05, 0.1) is 5.69 Å². The molecule has 0 radical (unpaired) electrons. The number of carbonyl (C=O) groups is 1. The van der Waals surface area contributed by atoms with Crippen LogP contribution >= 0.6 is 0 Å². The zero-order valence-electron chi connectivity index (χ0n) is 7.30. The third kappa shape index (κ3) is 1.78. The van der Waals surface area contributed by atoms with Crippen molar-refractivity contribution in [2.75, 3.05) is 0 Å². The van der Waals surface area contributed by atoms with Gasteiger partial charge in [0.25, 0.3) is 12.3 Å². The summed E-state index contributed by atoms with van der Waals surface area (Å²) in [5.41, 5.74) is 2.89. The van der Waals surface area contributed by atoms with Crippen LogP contribution in [-0.4, -0.2) is 10.9 Å². The second kappa shape index (κ2) is 3.57. The van der Waals surface area contributed by atoms with E-state index in [1.807, 2.05) is 0 Å². The molecular weight excluding hydrogens is 194 g/mol. The standard InChI is InChI=1S/C8H8F2N2O2/c1-3-2-4(13)5(8(11)14)6(12-3)7(9)10/h2,7H,1H3,(H2,11,14)(H,12,13). The van der Waals surface area contributed by atoms with E-state index in [9.17, 15) is 18.4 Å². The van der Waals surface area contributed by atoms with Gasteiger partial charge in [0.1, 0.15) is 5.56 Å². The lowest BCUT2D eigenvalue weighted by Gasteiger charge is -2.05. The molecule has 1 rings (SSSR count). The molecule has 0 saturated carbocycles. The molecule has 1 amide bonds. The topological polar surface area (TPSA) is 76.0 Å². The van der Waals surface area contributed by atoms with Crippen molar-refractivity contribution in [2.45, 2.75) is 13.3 Å². The summed E-state index contributed by atoms with van der Waals surface area (Å²) in [6.07, 6.45) is -2.93. The molecule has 0 aliphatic carbocycles. The molecule has 14 heavy (non-hydrogen) atoms. The van der Waals surface area contributed by atoms with E-state index < -0.39 is 29.0 Å². The van der Waals surface area contributed by atoms with Crippen LogP contribution in [0.1, 0.15) is 28.2 Å². The number of pyridine rings is 1. The van der Waals surface area contributed by atoms with Crippen LogP contribution in [0.25, 0.3) is 0 Å². The van der Waals surface area contributed by atoms with Gasteiger partial charge in [0, 0.05) is 11.8 Å². The third-order valence-corrected chi connectivity index (χ3v) is 1.66. The molecule has 76 valence electrons. The van der Waals surface area contributed by atoms with Crippen molar-refractivity contribution in [3.8, 4) is 0 Å². The number of nitrogens with two attached hydrogens (primary N) is 1. The minimum atomic E-state index is -2.93. The second-order valence-electron chi connectivity index (χ2n) is 2.77. The lowest BCUT2D eigenvalue weighted by Crippen LogP contribution is -2.25. The summed E-state index contributed by atoms with van der Waals surface area (Å²) in [5, 5.41) is 0. The molecule has 0 fully saturated rings. The van der Waals surface area contributed by atoms with Gasteiger partial charge in [-0.15, -0.1) is 0 Å². The number of rotatable bonds is 2. The Kier molecular flexibility index (Phi) is 2.64. The van der Waals surface area contributed by atoms with Gasteiger partial charge in [-0.2, -0.15) is 0 Å². The van der Waals surface area contributed by atoms with Crippen LogP contribution in [-0.2, 0) is 0 Å². The van der Waals surface area contributed by atoms with E-state index in [0.29, 0.717) is 0 Å². The van der Waals surface area contributed by atoms with E-state index >= 15 is 0 Å². The number of aryl methyl sites for hydroxylation is 1. The number of hydrogen-bond acceptors (Lipinski definition) is 2. The summed E-state index contributed by atoms with van der Waals surface area (Å²) >= 11 is 0. The number of H-pyrrole nitrogens is 1. The highest BCUT2D eigenvalue weighted by Crippen LogP contribution is 2.18. The molecule has 0 bridgehead atoms. The maximum absolute atomic E-state index is 12.4. The van der Waals surface area contributed by atoms with Gasteiger partial charge in [0.2, 0.25) is 0 Å². The Morgan fingerprint density at radius 1 is 1.57 bits per heavy atom. The predicted molar refractivity (Wildman–Crippen MR) is 45.3 cm³/mol. The van der Waals surface area contributed by atoms with Gasteiger partial charge < -0.3 is 10.7 Å². The van der Waals surface area contributed by atoms with Crippen LogP contribution < -0.4 is 11.2 Å². The Hall–Kier alpha value is -1.72. The average molecular weight is 202 g/mol. The molecule has 0 unspecified atom stereocenters. The molecule has 1 heterocycles. The van der Waals surface area contributed by atoms with E-state index in [1.54, 1.807) is 0 Å². The molecule has 0 atom stereocenters. The summed E-state index contributed by atoms with van der Waals surface area (Å²) in [4.78, 5) is 24.1. The number of hydrogen-bond donors (Lipinski definition) is 2. The Morgan fingerprint density at radius 2 is 2.14 bits per heavy atom. The van der Waals surface area contributed by atoms with Crippen LogP contribution in [0.3, 0.4) is 0 Å². The molecule has 6 heteroatoms. The first-order chi connectivity index (χ1) is 6.43. The van der Waals surface area contributed by atoms with Crippen molar-refractivity contribution >= 4 is 5.91 Å². The number of halogens is 2. The molecule has 0 aliphatic heterocycles. The van der Waals surface area contributed by atoms with E-state index in [0.717, 1.165) is 6.07 Å². The van der Waals surface area contributed by atoms with Crippen molar-refractivity contribution in [3.63, 3.8) is 0 Å². The van der Waals surface area contributed by atoms with Crippen molar-refractivity contribution in [1.29, 1.82) is 0 Å². The molecule has 1 aromatic rings. The summed E-state index contributed by atoms with van der Waals surface area (Å²) in [6.45, 7) is 1.44. The number of aromatic nitrogens is 1. The quantitative estimate of drug-likeness (QED) is 0.741. The molecule has 1 aromatic heterocycles. The smallest absolute Gasteiger partial charge is 0.279 e. The first-order valence-corrected chi connectivity index (χ1v) is 3.75. The Morgan fingerprint density at radius 3 is 2.57 bits per heavy atom. The van der Waals surface area contributed by atoms with E-state index in [-0.39, 0.29) is 5.69 Å². The molecule has 4 nitrogen and oxygen atoms in total. The fourth-order valence-corrected chi connectivity index (χ4v) is 1.13. The Labute approximate surface area is 77.7 Å². The van der Waals surface area contributed by atoms with Crippen LogP contribution in [0.15, 0.2) is 10.9 Å². The SMILES string of the molecule is Cc1cc(=O)c(C(N)=O)c(C(F)F)[nH]1. The van der Waals surface area contributed by atoms with Gasteiger partial charge in [0.15, 0.2) is 5.43 Å². The lowest BCUT2D eigenvalue weighted by molar-refractivity contribution is 0.0981. The van der Waals surface area contributed by atoms with Crippen molar-refractivity contribution in [2.24, 2.45) is 5.73 Å². The Bertz CT molecular complexity index is 426. The predicted octanol–water partition coefficient (Wildman–Crippen LogP) is 0.720. The summed E-state index contributed by atoms with van der Waals surface area (Å²) in [6, 6.07) is 1.05. The maximum Gasteiger partial charge on any atom is 0.279 e. The summed E-state index contributed by atoms with van der Waals surface area (Å²) in [7, 11) is 0. The number of alkyl halides is 2. The first kappa shape index (κ1) is 10.4. The zero-order chi connectivity index (χ0) is 10.9. The monoisotopic (exact) mass is 202 g/mol. The number of amides is 1. The van der Waals surface area contributed by atoms with Gasteiger partial charge in [-0.05, 0) is 6.92 Å². The molecule has 0 saturated heterocycles. The molecular formula is C8H8F2N2O2. The van der Waals surface area contributed by atoms with Crippen LogP contribution in [0, 0.1) is 6.92 Å². The minimum absolute atomic E-state index is 0.260. The molecule has 0 aliphatic rings. The van der Waals surface area contributed by atoms with Crippen LogP contribution in [0.5, 0.6) is 0 Å². The van der Waals surface area contributed by atoms with Gasteiger partial charge in [-0.3, -0.25) is 9.59 Å². The lowest BCUT2D eigenvalue weighted by atomic mass is 10.1. The van der Waals surface area contributed by atoms with Crippen molar-refractivity contribution in [3.05, 3.63) is 33.2 Å². The van der Waals surface area contributed by atoms with Crippen molar-refractivity contribution in [1.82, 2.24) is 4.98 Å². The highest BCUT2D eigenvalue weighted by atomic mass is 19.3. The summed E-state index contributed by atoms with van der Waals surface area (Å²) in [5.74, 6) is -1.15. The highest BCUT2D eigenvalue weighted by Gasteiger charge is 2.20. The second-order valence-corrected chi connectivity index (χ2v) is 2.77. The average Bonchev–Trinajstić information content (AvgIpc) is 2.01. The molecule has 0 spiro atoms. The number of nitrogens with one attached hydrogen (secondary N) is 1. The normalized spacial score (nSPS) is 10.6. The first-order valence-electron chi connectivity index (χ1n) is 3.75. The van der Waals surface area contributed by atoms with Crippen molar-refractivity contribution < 1.29 is 13.6 Å². The number of aromatic amines is 1. The largest absolute Gasteiger partial charge is 0.365 e. The van der Waals surface area contributed by atoms with Crippen LogP contribution in [0.4, 0.5) is 8.78 Å². The van der Waals surface area contributed by atoms with E-state index in [2.05, 4.69) is 4.98 Å². The molecule has 3 N–H and O–H groups in total. The van der Waals surface area contributed by atoms with Gasteiger partial charge in [-0.1, -0.05) is 0 Å². The van der Waals surface area contributed by atoms with Crippen LogP contribution in [0.2, 0.25) is 0 Å². The third-order valence-electron chi connectivity index (χ3n) is 1.66. The number of primary amides is 1. The van der Waals surface area contributed by atoms with Gasteiger partial charge in [-0.25, -0.2) is 8.78 Å². The zero-order valence-corrected chi connectivity index (χ0v) is 7.30. The van der Waals surface area contributed by atoms with E-state index in [1.165, 1.54) is 6.92 Å².